The fourth-order valence-electron chi connectivity index (χ4n) is 1.26. The van der Waals surface area contributed by atoms with Gasteiger partial charge in [0.1, 0.15) is 11.8 Å². The van der Waals surface area contributed by atoms with Crippen molar-refractivity contribution >= 4 is 5.91 Å². The van der Waals surface area contributed by atoms with E-state index in [1.54, 1.807) is 33.2 Å². The number of carbonyl (C=O) groups excluding carboxylic acids is 1. The number of hydrogen-bond acceptors (Lipinski definition) is 4. The van der Waals surface area contributed by atoms with Crippen molar-refractivity contribution in [1.82, 2.24) is 10.2 Å². The van der Waals surface area contributed by atoms with E-state index in [4.69, 9.17) is 9.68 Å². The van der Waals surface area contributed by atoms with Crippen molar-refractivity contribution in [3.63, 3.8) is 0 Å². The summed E-state index contributed by atoms with van der Waals surface area (Å²) in [5, 5.41) is 11.6. The molecule has 1 heterocycles. The lowest BCUT2D eigenvalue weighted by molar-refractivity contribution is -0.130. The molecule has 1 rings (SSSR count). The van der Waals surface area contributed by atoms with Gasteiger partial charge in [-0.15, -0.1) is 0 Å². The monoisotopic (exact) mass is 221 g/mol. The fourth-order valence-corrected chi connectivity index (χ4v) is 1.26. The molecule has 1 unspecified atom stereocenters. The minimum absolute atomic E-state index is 0.00654. The summed E-state index contributed by atoms with van der Waals surface area (Å²) in [7, 11) is 3.42. The van der Waals surface area contributed by atoms with Crippen LogP contribution in [0.15, 0.2) is 16.5 Å². The molecule has 0 spiro atoms. The number of rotatable bonds is 4. The molecule has 0 saturated carbocycles. The van der Waals surface area contributed by atoms with Crippen LogP contribution in [0.2, 0.25) is 0 Å². The molecule has 1 amide bonds. The predicted molar refractivity (Wildman–Crippen MR) is 58.4 cm³/mol. The fraction of sp³-hybridized carbons (Fsp3) is 0.455. The second-order valence-electron chi connectivity index (χ2n) is 3.71. The Morgan fingerprint density at radius 1 is 1.62 bits per heavy atom. The number of nitrogens with one attached hydrogen (secondary N) is 1. The van der Waals surface area contributed by atoms with Crippen LogP contribution >= 0.6 is 0 Å². The van der Waals surface area contributed by atoms with E-state index in [1.165, 1.54) is 4.90 Å². The Labute approximate surface area is 94.6 Å². The molecule has 0 aliphatic heterocycles. The molecule has 0 aliphatic rings. The van der Waals surface area contributed by atoms with Gasteiger partial charge in [0, 0.05) is 14.1 Å². The van der Waals surface area contributed by atoms with E-state index < -0.39 is 0 Å². The summed E-state index contributed by atoms with van der Waals surface area (Å²) in [4.78, 5) is 13.0. The molecule has 1 N–H and O–H groups in total. The molecule has 1 aromatic heterocycles. The number of likely N-dealkylation sites (N-methyl/N-ethyl adjacent to an activating group) is 1. The van der Waals surface area contributed by atoms with E-state index in [0.717, 1.165) is 0 Å². The zero-order valence-corrected chi connectivity index (χ0v) is 9.65. The van der Waals surface area contributed by atoms with Crippen LogP contribution in [0, 0.1) is 11.3 Å². The second-order valence-corrected chi connectivity index (χ2v) is 3.71. The Bertz CT molecular complexity index is 404. The van der Waals surface area contributed by atoms with Crippen molar-refractivity contribution in [2.24, 2.45) is 0 Å². The van der Waals surface area contributed by atoms with Crippen LogP contribution in [-0.4, -0.2) is 30.9 Å². The van der Waals surface area contributed by atoms with Gasteiger partial charge in [0.15, 0.2) is 0 Å². The Morgan fingerprint density at radius 2 is 2.31 bits per heavy atom. The molecule has 0 fully saturated rings. The largest absolute Gasteiger partial charge is 0.449 e. The number of hydrogen-bond donors (Lipinski definition) is 1. The third-order valence-corrected chi connectivity index (χ3v) is 2.17. The summed E-state index contributed by atoms with van der Waals surface area (Å²) in [5.74, 6) is 0.936. The Kier molecular flexibility index (Phi) is 4.09. The molecule has 0 saturated heterocycles. The quantitative estimate of drug-likeness (QED) is 0.813. The van der Waals surface area contributed by atoms with Crippen LogP contribution in [0.3, 0.4) is 0 Å². The number of nitriles is 1. The van der Waals surface area contributed by atoms with Crippen molar-refractivity contribution in [3.05, 3.63) is 23.7 Å². The molecule has 0 bridgehead atoms. The Morgan fingerprint density at radius 3 is 2.81 bits per heavy atom. The van der Waals surface area contributed by atoms with Gasteiger partial charge in [0.2, 0.25) is 11.7 Å². The summed E-state index contributed by atoms with van der Waals surface area (Å²) in [6.45, 7) is 2.22. The van der Waals surface area contributed by atoms with Crippen molar-refractivity contribution in [2.45, 2.75) is 19.5 Å². The van der Waals surface area contributed by atoms with Crippen molar-refractivity contribution in [1.29, 1.82) is 5.26 Å². The maximum absolute atomic E-state index is 11.5. The summed E-state index contributed by atoms with van der Waals surface area (Å²) in [6, 6.07) is 4.96. The van der Waals surface area contributed by atoms with Crippen molar-refractivity contribution < 1.29 is 9.21 Å². The topological polar surface area (TPSA) is 69.3 Å². The Hall–Kier alpha value is -1.80. The van der Waals surface area contributed by atoms with Gasteiger partial charge in [-0.05, 0) is 19.1 Å². The average Bonchev–Trinajstić information content (AvgIpc) is 2.72. The van der Waals surface area contributed by atoms with Gasteiger partial charge in [-0.25, -0.2) is 0 Å². The van der Waals surface area contributed by atoms with E-state index in [2.05, 4.69) is 5.32 Å². The summed E-state index contributed by atoms with van der Waals surface area (Å²) in [6.07, 6.45) is 0. The molecule has 5 nitrogen and oxygen atoms in total. The molecule has 5 heteroatoms. The molecule has 0 aliphatic carbocycles. The lowest BCUT2D eigenvalue weighted by atomic mass is 10.3. The summed E-state index contributed by atoms with van der Waals surface area (Å²) in [5.41, 5.74) is 0. The first-order valence-corrected chi connectivity index (χ1v) is 4.98. The van der Waals surface area contributed by atoms with Gasteiger partial charge >= 0.3 is 0 Å². The Balaban J connectivity index is 2.46. The molecule has 16 heavy (non-hydrogen) atoms. The van der Waals surface area contributed by atoms with E-state index >= 15 is 0 Å². The van der Waals surface area contributed by atoms with Crippen LogP contribution < -0.4 is 5.32 Å². The average molecular weight is 221 g/mol. The number of carbonyl (C=O) groups is 1. The highest BCUT2D eigenvalue weighted by molar-refractivity contribution is 5.80. The van der Waals surface area contributed by atoms with Crippen molar-refractivity contribution in [3.8, 4) is 6.07 Å². The van der Waals surface area contributed by atoms with Crippen LogP contribution in [-0.2, 0) is 11.3 Å². The highest BCUT2D eigenvalue weighted by atomic mass is 16.3. The van der Waals surface area contributed by atoms with Crippen molar-refractivity contribution in [2.75, 3.05) is 14.1 Å². The van der Waals surface area contributed by atoms with Crippen LogP contribution in [0.4, 0.5) is 0 Å². The smallest absolute Gasteiger partial charge is 0.238 e. The maximum Gasteiger partial charge on any atom is 0.238 e. The maximum atomic E-state index is 11.5. The minimum atomic E-state index is -0.273. The van der Waals surface area contributed by atoms with E-state index in [1.807, 2.05) is 6.07 Å². The number of nitrogens with zero attached hydrogens (tertiary/aromatic N) is 2. The number of furan rings is 1. The van der Waals surface area contributed by atoms with Gasteiger partial charge in [0.25, 0.3) is 0 Å². The highest BCUT2D eigenvalue weighted by Gasteiger charge is 2.14. The van der Waals surface area contributed by atoms with E-state index in [-0.39, 0.29) is 17.7 Å². The molecule has 0 aromatic carbocycles. The second kappa shape index (κ2) is 5.33. The van der Waals surface area contributed by atoms with Gasteiger partial charge in [-0.2, -0.15) is 5.26 Å². The van der Waals surface area contributed by atoms with Crippen LogP contribution in [0.1, 0.15) is 18.4 Å². The van der Waals surface area contributed by atoms with Crippen LogP contribution in [0.5, 0.6) is 0 Å². The summed E-state index contributed by atoms with van der Waals surface area (Å²) >= 11 is 0. The number of amides is 1. The third kappa shape index (κ3) is 3.11. The standard InChI is InChI=1S/C11H15N3O2/c1-8(11(15)14(2)3)13-7-10-5-4-9(6-12)16-10/h4-5,8,13H,7H2,1-3H3. The zero-order valence-electron chi connectivity index (χ0n) is 9.65. The van der Waals surface area contributed by atoms with Gasteiger partial charge in [-0.3, -0.25) is 10.1 Å². The van der Waals surface area contributed by atoms with E-state index in [0.29, 0.717) is 12.3 Å². The molecule has 1 aromatic rings. The minimum Gasteiger partial charge on any atom is -0.449 e. The van der Waals surface area contributed by atoms with Crippen LogP contribution in [0.25, 0.3) is 0 Å². The van der Waals surface area contributed by atoms with Gasteiger partial charge in [-0.1, -0.05) is 0 Å². The molecule has 86 valence electrons. The van der Waals surface area contributed by atoms with Gasteiger partial charge in [0.05, 0.1) is 12.6 Å². The zero-order chi connectivity index (χ0) is 12.1. The highest BCUT2D eigenvalue weighted by Crippen LogP contribution is 2.06. The first-order valence-electron chi connectivity index (χ1n) is 4.98. The first kappa shape index (κ1) is 12.3. The van der Waals surface area contributed by atoms with E-state index in [9.17, 15) is 4.79 Å². The first-order chi connectivity index (χ1) is 7.54. The molecule has 0 radical (unpaired) electrons. The summed E-state index contributed by atoms with van der Waals surface area (Å²) < 4.78 is 5.17. The SMILES string of the molecule is CC(NCc1ccc(C#N)o1)C(=O)N(C)C. The molecule has 1 atom stereocenters. The normalized spacial score (nSPS) is 11.9. The lowest BCUT2D eigenvalue weighted by Crippen LogP contribution is -2.41. The van der Waals surface area contributed by atoms with Gasteiger partial charge < -0.3 is 9.32 Å². The lowest BCUT2D eigenvalue weighted by Gasteiger charge is -2.17. The third-order valence-electron chi connectivity index (χ3n) is 2.17. The predicted octanol–water partition coefficient (Wildman–Crippen LogP) is 0.718. The molecular formula is C11H15N3O2. The molecular weight excluding hydrogens is 206 g/mol.